The summed E-state index contributed by atoms with van der Waals surface area (Å²) in [6, 6.07) is 11.3. The van der Waals surface area contributed by atoms with Gasteiger partial charge in [-0.05, 0) is 45.8 Å². The first kappa shape index (κ1) is 11.5. The lowest BCUT2D eigenvalue weighted by Crippen LogP contribution is -2.49. The van der Waals surface area contributed by atoms with E-state index in [1.807, 2.05) is 18.2 Å². The normalized spacial score (nSPS) is 15.1. The van der Waals surface area contributed by atoms with Crippen LogP contribution < -0.4 is 15.1 Å². The van der Waals surface area contributed by atoms with Gasteiger partial charge in [0.15, 0.2) is 0 Å². The van der Waals surface area contributed by atoms with Crippen LogP contribution in [0, 0.1) is 5.82 Å². The van der Waals surface area contributed by atoms with Crippen molar-refractivity contribution >= 4 is 18.4 Å². The van der Waals surface area contributed by atoms with Gasteiger partial charge in [0.2, 0.25) is 0 Å². The number of benzene rings is 2. The second kappa shape index (κ2) is 3.69. The molecule has 0 aliphatic carbocycles. The fourth-order valence-corrected chi connectivity index (χ4v) is 5.90. The summed E-state index contributed by atoms with van der Waals surface area (Å²) >= 11 is 0. The van der Waals surface area contributed by atoms with Gasteiger partial charge >= 0.3 is 0 Å². The van der Waals surface area contributed by atoms with E-state index >= 15 is 0 Å². The summed E-state index contributed by atoms with van der Waals surface area (Å²) in [5.74, 6) is 0.713. The van der Waals surface area contributed by atoms with Crippen molar-refractivity contribution in [3.8, 4) is 16.9 Å². The highest BCUT2D eigenvalue weighted by atomic mass is 28.3. The van der Waals surface area contributed by atoms with Gasteiger partial charge in [0.05, 0.1) is 7.11 Å². The fraction of sp³-hybridized carbons (Fsp3) is 0.200. The number of rotatable bonds is 1. The van der Waals surface area contributed by atoms with Crippen molar-refractivity contribution in [2.45, 2.75) is 13.1 Å². The third-order valence-corrected chi connectivity index (χ3v) is 7.39. The quantitative estimate of drug-likeness (QED) is 0.715. The number of ether oxygens (including phenoxy) is 1. The van der Waals surface area contributed by atoms with Gasteiger partial charge in [-0.2, -0.15) is 0 Å². The van der Waals surface area contributed by atoms with Crippen LogP contribution in [0.2, 0.25) is 13.1 Å². The lowest BCUT2D eigenvalue weighted by atomic mass is 10.1. The average Bonchev–Trinajstić information content (AvgIpc) is 2.58. The van der Waals surface area contributed by atoms with E-state index in [1.54, 1.807) is 19.2 Å². The first-order valence-corrected chi connectivity index (χ1v) is 9.03. The topological polar surface area (TPSA) is 9.23 Å². The number of hydrogen-bond donors (Lipinski definition) is 0. The van der Waals surface area contributed by atoms with E-state index in [2.05, 4.69) is 19.2 Å². The highest BCUT2D eigenvalue weighted by Crippen LogP contribution is 2.30. The lowest BCUT2D eigenvalue weighted by molar-refractivity contribution is 0.415. The Morgan fingerprint density at radius 2 is 1.72 bits per heavy atom. The molecule has 0 amide bonds. The predicted octanol–water partition coefficient (Wildman–Crippen LogP) is 2.64. The third-order valence-electron chi connectivity index (χ3n) is 3.85. The molecular formula is C15H15FOSi. The van der Waals surface area contributed by atoms with E-state index in [1.165, 1.54) is 15.9 Å². The summed E-state index contributed by atoms with van der Waals surface area (Å²) in [6.45, 7) is 4.60. The van der Waals surface area contributed by atoms with Gasteiger partial charge in [-0.1, -0.05) is 25.2 Å². The van der Waals surface area contributed by atoms with Crippen LogP contribution in [0.25, 0.3) is 11.1 Å². The summed E-state index contributed by atoms with van der Waals surface area (Å²) in [5, 5.41) is 2.65. The summed E-state index contributed by atoms with van der Waals surface area (Å²) in [5.41, 5.74) is 2.23. The number of fused-ring (bicyclic) bond motifs is 3. The Bertz CT molecular complexity index is 634. The highest BCUT2D eigenvalue weighted by molar-refractivity contribution is 7.03. The van der Waals surface area contributed by atoms with Crippen LogP contribution in [0.4, 0.5) is 4.39 Å². The Kier molecular flexibility index (Phi) is 2.35. The molecule has 18 heavy (non-hydrogen) atoms. The first-order valence-electron chi connectivity index (χ1n) is 6.03. The van der Waals surface area contributed by atoms with E-state index in [4.69, 9.17) is 4.74 Å². The molecule has 1 nitrogen and oxygen atoms in total. The molecule has 0 spiro atoms. The second-order valence-corrected chi connectivity index (χ2v) is 9.55. The molecule has 3 heteroatoms. The van der Waals surface area contributed by atoms with Gasteiger partial charge in [0, 0.05) is 0 Å². The van der Waals surface area contributed by atoms with Crippen LogP contribution in [0.1, 0.15) is 0 Å². The first-order chi connectivity index (χ1) is 8.54. The number of hydrogen-bond acceptors (Lipinski definition) is 1. The number of halogens is 1. The molecule has 0 saturated heterocycles. The maximum atomic E-state index is 13.4. The van der Waals surface area contributed by atoms with Gasteiger partial charge in [-0.25, -0.2) is 4.39 Å². The van der Waals surface area contributed by atoms with E-state index in [0.717, 1.165) is 11.3 Å². The SMILES string of the molecule is COc1ccc2c(c1)[Si](C)(C)c1ccc(F)cc1-2. The zero-order chi connectivity index (χ0) is 12.9. The zero-order valence-electron chi connectivity index (χ0n) is 10.8. The van der Waals surface area contributed by atoms with Gasteiger partial charge in [-0.15, -0.1) is 0 Å². The summed E-state index contributed by atoms with van der Waals surface area (Å²) < 4.78 is 18.7. The molecular weight excluding hydrogens is 243 g/mol. The summed E-state index contributed by atoms with van der Waals surface area (Å²) in [6.07, 6.45) is 0. The molecule has 0 aromatic heterocycles. The molecule has 0 fully saturated rings. The molecule has 92 valence electrons. The van der Waals surface area contributed by atoms with Gasteiger partial charge < -0.3 is 4.74 Å². The van der Waals surface area contributed by atoms with Crippen LogP contribution in [-0.2, 0) is 0 Å². The van der Waals surface area contributed by atoms with Crippen molar-refractivity contribution in [3.05, 3.63) is 42.2 Å². The third kappa shape index (κ3) is 1.44. The molecule has 0 N–H and O–H groups in total. The molecule has 1 aliphatic rings. The van der Waals surface area contributed by atoms with Crippen LogP contribution in [-0.4, -0.2) is 15.2 Å². The molecule has 0 unspecified atom stereocenters. The maximum absolute atomic E-state index is 13.4. The van der Waals surface area contributed by atoms with E-state index in [-0.39, 0.29) is 5.82 Å². The van der Waals surface area contributed by atoms with E-state index < -0.39 is 8.07 Å². The summed E-state index contributed by atoms with van der Waals surface area (Å²) in [7, 11) is -0.0201. The standard InChI is InChI=1S/C15H15FOSi/c1-17-11-5-6-12-13-8-10(16)4-7-14(13)18(2,3)15(12)9-11/h4-9H,1-3H3. The minimum absolute atomic E-state index is 0.165. The Hall–Kier alpha value is -1.61. The smallest absolute Gasteiger partial charge is 0.123 e. The fourth-order valence-electron chi connectivity index (χ4n) is 2.83. The second-order valence-electron chi connectivity index (χ2n) is 5.23. The molecule has 0 saturated carbocycles. The van der Waals surface area contributed by atoms with Crippen molar-refractivity contribution in [1.82, 2.24) is 0 Å². The zero-order valence-corrected chi connectivity index (χ0v) is 11.8. The molecule has 2 aromatic rings. The molecule has 1 aliphatic heterocycles. The lowest BCUT2D eigenvalue weighted by Gasteiger charge is -2.18. The monoisotopic (exact) mass is 258 g/mol. The predicted molar refractivity (Wildman–Crippen MR) is 75.1 cm³/mol. The van der Waals surface area contributed by atoms with Gasteiger partial charge in [0.1, 0.15) is 19.6 Å². The maximum Gasteiger partial charge on any atom is 0.123 e. The van der Waals surface area contributed by atoms with Gasteiger partial charge in [0.25, 0.3) is 0 Å². The molecule has 0 radical (unpaired) electrons. The van der Waals surface area contributed by atoms with Crippen molar-refractivity contribution in [2.75, 3.05) is 7.11 Å². The van der Waals surface area contributed by atoms with E-state index in [9.17, 15) is 4.39 Å². The molecule has 0 atom stereocenters. The minimum atomic E-state index is -1.70. The van der Waals surface area contributed by atoms with Gasteiger partial charge in [-0.3, -0.25) is 0 Å². The Morgan fingerprint density at radius 1 is 0.944 bits per heavy atom. The van der Waals surface area contributed by atoms with Crippen molar-refractivity contribution in [2.24, 2.45) is 0 Å². The van der Waals surface area contributed by atoms with Crippen LogP contribution >= 0.6 is 0 Å². The molecule has 2 aromatic carbocycles. The van der Waals surface area contributed by atoms with Crippen molar-refractivity contribution in [1.29, 1.82) is 0 Å². The Morgan fingerprint density at radius 3 is 2.44 bits per heavy atom. The highest BCUT2D eigenvalue weighted by Gasteiger charge is 2.37. The van der Waals surface area contributed by atoms with Crippen LogP contribution in [0.5, 0.6) is 5.75 Å². The Balaban J connectivity index is 2.32. The number of methoxy groups -OCH3 is 1. The molecule has 0 bridgehead atoms. The van der Waals surface area contributed by atoms with E-state index in [0.29, 0.717) is 0 Å². The van der Waals surface area contributed by atoms with Crippen molar-refractivity contribution < 1.29 is 9.13 Å². The van der Waals surface area contributed by atoms with Crippen LogP contribution in [0.15, 0.2) is 36.4 Å². The molecule has 1 heterocycles. The van der Waals surface area contributed by atoms with Crippen LogP contribution in [0.3, 0.4) is 0 Å². The van der Waals surface area contributed by atoms with Crippen molar-refractivity contribution in [3.63, 3.8) is 0 Å². The largest absolute Gasteiger partial charge is 0.497 e. The summed E-state index contributed by atoms with van der Waals surface area (Å²) in [4.78, 5) is 0. The minimum Gasteiger partial charge on any atom is -0.497 e. The Labute approximate surface area is 107 Å². The average molecular weight is 258 g/mol. The molecule has 3 rings (SSSR count).